The lowest BCUT2D eigenvalue weighted by atomic mass is 9.87. The van der Waals surface area contributed by atoms with Crippen molar-refractivity contribution in [2.75, 3.05) is 13.2 Å². The first-order chi connectivity index (χ1) is 9.45. The Bertz CT molecular complexity index is 462. The van der Waals surface area contributed by atoms with E-state index in [2.05, 4.69) is 43.5 Å². The zero-order valence-electron chi connectivity index (χ0n) is 12.5. The highest BCUT2D eigenvalue weighted by molar-refractivity contribution is 5.74. The van der Waals surface area contributed by atoms with Crippen molar-refractivity contribution in [3.05, 3.63) is 29.8 Å². The molecule has 1 aromatic rings. The lowest BCUT2D eigenvalue weighted by Crippen LogP contribution is -2.38. The Balaban J connectivity index is 1.72. The number of urea groups is 1. The van der Waals surface area contributed by atoms with Crippen molar-refractivity contribution in [1.82, 2.24) is 10.6 Å². The van der Waals surface area contributed by atoms with Crippen LogP contribution in [-0.4, -0.2) is 25.2 Å². The maximum absolute atomic E-state index is 11.4. The minimum Gasteiger partial charge on any atom is -0.492 e. The molecule has 2 rings (SSSR count). The molecule has 0 saturated heterocycles. The summed E-state index contributed by atoms with van der Waals surface area (Å²) < 4.78 is 5.67. The normalized spacial score (nSPS) is 14.8. The van der Waals surface area contributed by atoms with Gasteiger partial charge in [-0.2, -0.15) is 0 Å². The Hall–Kier alpha value is -1.71. The molecule has 1 saturated carbocycles. The second-order valence-corrected chi connectivity index (χ2v) is 6.30. The Morgan fingerprint density at radius 1 is 1.35 bits per heavy atom. The minimum absolute atomic E-state index is 0.0976. The monoisotopic (exact) mass is 276 g/mol. The third kappa shape index (κ3) is 4.76. The molecular formula is C16H24N2O2. The molecule has 20 heavy (non-hydrogen) atoms. The number of carbonyl (C=O) groups excluding carboxylic acids is 1. The molecule has 1 aliphatic rings. The van der Waals surface area contributed by atoms with Gasteiger partial charge in [-0.05, 0) is 36.0 Å². The number of carbonyl (C=O) groups is 1. The summed E-state index contributed by atoms with van der Waals surface area (Å²) in [4.78, 5) is 11.4. The van der Waals surface area contributed by atoms with Crippen LogP contribution < -0.4 is 15.4 Å². The number of hydrogen-bond donors (Lipinski definition) is 2. The predicted molar refractivity (Wildman–Crippen MR) is 80.2 cm³/mol. The summed E-state index contributed by atoms with van der Waals surface area (Å²) in [6, 6.07) is 8.40. The van der Waals surface area contributed by atoms with Crippen molar-refractivity contribution in [2.45, 2.75) is 45.1 Å². The van der Waals surface area contributed by atoms with E-state index in [0.29, 0.717) is 19.2 Å². The highest BCUT2D eigenvalue weighted by Crippen LogP contribution is 2.25. The van der Waals surface area contributed by atoms with Gasteiger partial charge in [-0.3, -0.25) is 0 Å². The van der Waals surface area contributed by atoms with Gasteiger partial charge in [-0.15, -0.1) is 0 Å². The second-order valence-electron chi connectivity index (χ2n) is 6.30. The van der Waals surface area contributed by atoms with E-state index in [0.717, 1.165) is 18.6 Å². The highest BCUT2D eigenvalue weighted by atomic mass is 16.5. The molecule has 0 radical (unpaired) electrons. The van der Waals surface area contributed by atoms with E-state index < -0.39 is 0 Å². The van der Waals surface area contributed by atoms with E-state index >= 15 is 0 Å². The van der Waals surface area contributed by atoms with E-state index in [4.69, 9.17) is 4.74 Å². The standard InChI is InChI=1S/C16H24N2O2/c1-16(2,3)12-5-4-6-14(11-12)20-10-9-17-15(19)18-13-7-8-13/h4-6,11,13H,7-10H2,1-3H3,(H2,17,18,19). The van der Waals surface area contributed by atoms with Gasteiger partial charge >= 0.3 is 6.03 Å². The van der Waals surface area contributed by atoms with E-state index in [1.54, 1.807) is 0 Å². The van der Waals surface area contributed by atoms with Crippen molar-refractivity contribution >= 4 is 6.03 Å². The fourth-order valence-corrected chi connectivity index (χ4v) is 1.85. The Morgan fingerprint density at radius 2 is 2.10 bits per heavy atom. The van der Waals surface area contributed by atoms with Gasteiger partial charge in [0.1, 0.15) is 12.4 Å². The van der Waals surface area contributed by atoms with Gasteiger partial charge in [0.2, 0.25) is 0 Å². The molecule has 0 bridgehead atoms. The third-order valence-electron chi connectivity index (χ3n) is 3.27. The van der Waals surface area contributed by atoms with Crippen LogP contribution in [0.5, 0.6) is 5.75 Å². The van der Waals surface area contributed by atoms with E-state index in [9.17, 15) is 4.79 Å². The quantitative estimate of drug-likeness (QED) is 0.812. The summed E-state index contributed by atoms with van der Waals surface area (Å²) in [5.41, 5.74) is 1.36. The summed E-state index contributed by atoms with van der Waals surface area (Å²) >= 11 is 0. The summed E-state index contributed by atoms with van der Waals surface area (Å²) in [7, 11) is 0. The first-order valence-electron chi connectivity index (χ1n) is 7.23. The van der Waals surface area contributed by atoms with Crippen LogP contribution in [-0.2, 0) is 5.41 Å². The molecule has 110 valence electrons. The molecule has 0 aromatic heterocycles. The average Bonchev–Trinajstić information content (AvgIpc) is 3.18. The molecule has 0 atom stereocenters. The van der Waals surface area contributed by atoms with E-state index in [-0.39, 0.29) is 11.4 Å². The van der Waals surface area contributed by atoms with Crippen molar-refractivity contribution in [1.29, 1.82) is 0 Å². The van der Waals surface area contributed by atoms with Crippen LogP contribution in [0.3, 0.4) is 0 Å². The lowest BCUT2D eigenvalue weighted by molar-refractivity contribution is 0.236. The van der Waals surface area contributed by atoms with Gasteiger partial charge in [0.15, 0.2) is 0 Å². The molecule has 1 fully saturated rings. The van der Waals surface area contributed by atoms with Crippen molar-refractivity contribution in [3.63, 3.8) is 0 Å². The molecule has 0 unspecified atom stereocenters. The van der Waals surface area contributed by atoms with Crippen molar-refractivity contribution in [2.24, 2.45) is 0 Å². The molecule has 0 spiro atoms. The van der Waals surface area contributed by atoms with Crippen LogP contribution in [0.1, 0.15) is 39.2 Å². The third-order valence-corrected chi connectivity index (χ3v) is 3.27. The first-order valence-corrected chi connectivity index (χ1v) is 7.23. The molecular weight excluding hydrogens is 252 g/mol. The SMILES string of the molecule is CC(C)(C)c1cccc(OCCNC(=O)NC2CC2)c1. The number of benzene rings is 1. The average molecular weight is 276 g/mol. The maximum atomic E-state index is 11.4. The Labute approximate surface area is 120 Å². The fraction of sp³-hybridized carbons (Fsp3) is 0.562. The smallest absolute Gasteiger partial charge is 0.315 e. The molecule has 0 aliphatic heterocycles. The zero-order chi connectivity index (χ0) is 14.6. The molecule has 2 amide bonds. The van der Waals surface area contributed by atoms with Crippen molar-refractivity contribution < 1.29 is 9.53 Å². The molecule has 4 heteroatoms. The number of ether oxygens (including phenoxy) is 1. The maximum Gasteiger partial charge on any atom is 0.315 e. The number of rotatable bonds is 5. The van der Waals surface area contributed by atoms with E-state index in [1.807, 2.05) is 12.1 Å². The molecule has 1 aromatic carbocycles. The summed E-state index contributed by atoms with van der Waals surface area (Å²) in [6.45, 7) is 7.52. The number of nitrogens with one attached hydrogen (secondary N) is 2. The molecule has 0 heterocycles. The van der Waals surface area contributed by atoms with Gasteiger partial charge in [0.25, 0.3) is 0 Å². The van der Waals surface area contributed by atoms with Crippen LogP contribution in [0.25, 0.3) is 0 Å². The van der Waals surface area contributed by atoms with Crippen LogP contribution in [0, 0.1) is 0 Å². The van der Waals surface area contributed by atoms with Gasteiger partial charge in [-0.25, -0.2) is 4.79 Å². The van der Waals surface area contributed by atoms with Crippen LogP contribution in [0.4, 0.5) is 4.79 Å². The summed E-state index contributed by atoms with van der Waals surface area (Å²) in [5, 5.41) is 5.67. The van der Waals surface area contributed by atoms with Crippen LogP contribution in [0.15, 0.2) is 24.3 Å². The lowest BCUT2D eigenvalue weighted by Gasteiger charge is -2.19. The Kier molecular flexibility index (Phi) is 4.53. The van der Waals surface area contributed by atoms with Gasteiger partial charge in [0, 0.05) is 6.04 Å². The fourth-order valence-electron chi connectivity index (χ4n) is 1.85. The van der Waals surface area contributed by atoms with Gasteiger partial charge in [0.05, 0.1) is 6.54 Å². The van der Waals surface area contributed by atoms with Crippen molar-refractivity contribution in [3.8, 4) is 5.75 Å². The minimum atomic E-state index is -0.0976. The van der Waals surface area contributed by atoms with Gasteiger partial charge in [-0.1, -0.05) is 32.9 Å². The molecule has 2 N–H and O–H groups in total. The second kappa shape index (κ2) is 6.16. The number of amides is 2. The molecule has 4 nitrogen and oxygen atoms in total. The van der Waals surface area contributed by atoms with Crippen LogP contribution >= 0.6 is 0 Å². The first kappa shape index (κ1) is 14.7. The summed E-state index contributed by atoms with van der Waals surface area (Å²) in [6.07, 6.45) is 2.20. The largest absolute Gasteiger partial charge is 0.492 e. The Morgan fingerprint density at radius 3 is 2.75 bits per heavy atom. The predicted octanol–water partition coefficient (Wildman–Crippen LogP) is 2.82. The topological polar surface area (TPSA) is 50.4 Å². The van der Waals surface area contributed by atoms with Crippen LogP contribution in [0.2, 0.25) is 0 Å². The zero-order valence-corrected chi connectivity index (χ0v) is 12.5. The number of hydrogen-bond acceptors (Lipinski definition) is 2. The highest BCUT2D eigenvalue weighted by Gasteiger charge is 2.22. The summed E-state index contributed by atoms with van der Waals surface area (Å²) in [5.74, 6) is 0.849. The van der Waals surface area contributed by atoms with Gasteiger partial charge < -0.3 is 15.4 Å². The molecule has 1 aliphatic carbocycles. The van der Waals surface area contributed by atoms with E-state index in [1.165, 1.54) is 5.56 Å².